The summed E-state index contributed by atoms with van der Waals surface area (Å²) in [6.45, 7) is 5.61. The van der Waals surface area contributed by atoms with E-state index in [0.717, 1.165) is 38.2 Å². The van der Waals surface area contributed by atoms with Crippen LogP contribution in [0, 0.1) is 0 Å². The molecule has 1 aliphatic rings. The lowest BCUT2D eigenvalue weighted by molar-refractivity contribution is 0.100. The second kappa shape index (κ2) is 5.87. The molecule has 4 nitrogen and oxygen atoms in total. The second-order valence-corrected chi connectivity index (χ2v) is 4.80. The number of likely N-dealkylation sites (tertiary alicyclic amines) is 1. The van der Waals surface area contributed by atoms with Gasteiger partial charge in [-0.15, -0.1) is 0 Å². The van der Waals surface area contributed by atoms with Gasteiger partial charge in [0.25, 0.3) is 0 Å². The summed E-state index contributed by atoms with van der Waals surface area (Å²) in [5.74, 6) is -0.376. The summed E-state index contributed by atoms with van der Waals surface area (Å²) in [6, 6.07) is 7.92. The molecule has 2 rings (SSSR count). The van der Waals surface area contributed by atoms with Gasteiger partial charge in [-0.25, -0.2) is 0 Å². The van der Waals surface area contributed by atoms with E-state index in [1.807, 2.05) is 18.2 Å². The Kier molecular flexibility index (Phi) is 4.20. The van der Waals surface area contributed by atoms with Gasteiger partial charge in [0.05, 0.1) is 0 Å². The number of benzene rings is 1. The van der Waals surface area contributed by atoms with Crippen molar-refractivity contribution in [3.05, 3.63) is 29.8 Å². The molecule has 0 saturated carbocycles. The van der Waals surface area contributed by atoms with Gasteiger partial charge < -0.3 is 16.0 Å². The lowest BCUT2D eigenvalue weighted by Gasteiger charge is -2.32. The summed E-state index contributed by atoms with van der Waals surface area (Å²) in [6.07, 6.45) is 2.29. The number of carbonyl (C=O) groups excluding carboxylic acids is 1. The molecule has 0 bridgehead atoms. The number of nitrogens with zero attached hydrogens (tertiary/aromatic N) is 1. The normalized spacial score (nSPS) is 17.6. The number of hydrogen-bond acceptors (Lipinski definition) is 3. The number of primary amides is 1. The van der Waals surface area contributed by atoms with Crippen molar-refractivity contribution in [2.45, 2.75) is 25.8 Å². The lowest BCUT2D eigenvalue weighted by Crippen LogP contribution is -2.38. The van der Waals surface area contributed by atoms with Crippen LogP contribution >= 0.6 is 0 Å². The van der Waals surface area contributed by atoms with Gasteiger partial charge in [-0.3, -0.25) is 4.79 Å². The highest BCUT2D eigenvalue weighted by molar-refractivity contribution is 5.93. The van der Waals surface area contributed by atoms with Gasteiger partial charge in [0.1, 0.15) is 0 Å². The Balaban J connectivity index is 1.94. The maximum absolute atomic E-state index is 11.1. The molecule has 0 radical (unpaired) electrons. The van der Waals surface area contributed by atoms with Crippen LogP contribution in [0.3, 0.4) is 0 Å². The third kappa shape index (κ3) is 3.23. The molecule has 1 amide bonds. The summed E-state index contributed by atoms with van der Waals surface area (Å²) in [5.41, 5.74) is 6.83. The van der Waals surface area contributed by atoms with Crippen LogP contribution < -0.4 is 11.1 Å². The summed E-state index contributed by atoms with van der Waals surface area (Å²) in [4.78, 5) is 13.6. The number of anilines is 1. The largest absolute Gasteiger partial charge is 0.382 e. The molecule has 98 valence electrons. The number of piperidine rings is 1. The smallest absolute Gasteiger partial charge is 0.248 e. The van der Waals surface area contributed by atoms with Crippen LogP contribution in [0.2, 0.25) is 0 Å². The Labute approximate surface area is 108 Å². The first-order chi connectivity index (χ1) is 8.69. The molecule has 1 heterocycles. The molecule has 0 aromatic heterocycles. The lowest BCUT2D eigenvalue weighted by atomic mass is 10.0. The number of amides is 1. The monoisotopic (exact) mass is 247 g/mol. The fourth-order valence-corrected chi connectivity index (χ4v) is 2.39. The molecule has 0 spiro atoms. The minimum atomic E-state index is -0.376. The fourth-order valence-electron chi connectivity index (χ4n) is 2.39. The zero-order valence-electron chi connectivity index (χ0n) is 10.9. The number of nitrogens with one attached hydrogen (secondary N) is 1. The van der Waals surface area contributed by atoms with Crippen LogP contribution in [0.4, 0.5) is 5.69 Å². The highest BCUT2D eigenvalue weighted by Crippen LogP contribution is 2.17. The average molecular weight is 247 g/mol. The molecular weight excluding hydrogens is 226 g/mol. The van der Waals surface area contributed by atoms with Crippen molar-refractivity contribution < 1.29 is 4.79 Å². The first kappa shape index (κ1) is 12.9. The molecule has 1 aromatic carbocycles. The minimum Gasteiger partial charge on any atom is -0.382 e. The summed E-state index contributed by atoms with van der Waals surface area (Å²) < 4.78 is 0. The highest BCUT2D eigenvalue weighted by atomic mass is 16.1. The van der Waals surface area contributed by atoms with Crippen LogP contribution in [0.1, 0.15) is 30.1 Å². The van der Waals surface area contributed by atoms with E-state index in [9.17, 15) is 4.79 Å². The third-order valence-corrected chi connectivity index (χ3v) is 3.55. The highest BCUT2D eigenvalue weighted by Gasteiger charge is 2.17. The van der Waals surface area contributed by atoms with Gasteiger partial charge in [0, 0.05) is 30.4 Å². The van der Waals surface area contributed by atoms with Gasteiger partial charge in [0.2, 0.25) is 5.91 Å². The van der Waals surface area contributed by atoms with Gasteiger partial charge >= 0.3 is 0 Å². The van der Waals surface area contributed by atoms with Crippen molar-refractivity contribution in [3.8, 4) is 0 Å². The minimum absolute atomic E-state index is 0.376. The van der Waals surface area contributed by atoms with E-state index in [1.165, 1.54) is 0 Å². The van der Waals surface area contributed by atoms with Gasteiger partial charge in [-0.2, -0.15) is 0 Å². The van der Waals surface area contributed by atoms with Crippen molar-refractivity contribution in [2.75, 3.05) is 25.0 Å². The molecule has 1 aromatic rings. The first-order valence-electron chi connectivity index (χ1n) is 6.58. The van der Waals surface area contributed by atoms with Crippen LogP contribution in [0.25, 0.3) is 0 Å². The van der Waals surface area contributed by atoms with Crippen LogP contribution in [0.5, 0.6) is 0 Å². The van der Waals surface area contributed by atoms with Crippen molar-refractivity contribution in [1.29, 1.82) is 0 Å². The topological polar surface area (TPSA) is 58.4 Å². The summed E-state index contributed by atoms with van der Waals surface area (Å²) in [5, 5.41) is 3.49. The molecule has 3 N–H and O–H groups in total. The molecule has 1 saturated heterocycles. The molecule has 0 atom stereocenters. The Bertz CT molecular complexity index is 411. The van der Waals surface area contributed by atoms with E-state index in [-0.39, 0.29) is 5.91 Å². The van der Waals surface area contributed by atoms with Gasteiger partial charge in [-0.05, 0) is 37.6 Å². The zero-order valence-corrected chi connectivity index (χ0v) is 10.9. The Morgan fingerprint density at radius 1 is 1.44 bits per heavy atom. The van der Waals surface area contributed by atoms with E-state index < -0.39 is 0 Å². The SMILES string of the molecule is CCN1CCC(Nc2cccc(C(N)=O)c2)CC1. The molecule has 1 fully saturated rings. The fraction of sp³-hybridized carbons (Fsp3) is 0.500. The Morgan fingerprint density at radius 2 is 2.17 bits per heavy atom. The summed E-state index contributed by atoms with van der Waals surface area (Å²) in [7, 11) is 0. The predicted molar refractivity (Wildman–Crippen MR) is 73.7 cm³/mol. The molecule has 0 aliphatic carbocycles. The Morgan fingerprint density at radius 3 is 2.78 bits per heavy atom. The molecule has 1 aliphatic heterocycles. The van der Waals surface area contributed by atoms with E-state index >= 15 is 0 Å². The number of nitrogens with two attached hydrogens (primary N) is 1. The van der Waals surface area contributed by atoms with Crippen LogP contribution in [-0.4, -0.2) is 36.5 Å². The Hall–Kier alpha value is -1.55. The summed E-state index contributed by atoms with van der Waals surface area (Å²) >= 11 is 0. The molecule has 18 heavy (non-hydrogen) atoms. The predicted octanol–water partition coefficient (Wildman–Crippen LogP) is 1.68. The van der Waals surface area contributed by atoms with Crippen molar-refractivity contribution >= 4 is 11.6 Å². The number of rotatable bonds is 4. The first-order valence-corrected chi connectivity index (χ1v) is 6.58. The molecular formula is C14H21N3O. The van der Waals surface area contributed by atoms with Gasteiger partial charge in [0.15, 0.2) is 0 Å². The van der Waals surface area contributed by atoms with Crippen molar-refractivity contribution in [2.24, 2.45) is 5.73 Å². The zero-order chi connectivity index (χ0) is 13.0. The van der Waals surface area contributed by atoms with E-state index in [1.54, 1.807) is 6.07 Å². The van der Waals surface area contributed by atoms with Crippen LogP contribution in [0.15, 0.2) is 24.3 Å². The van der Waals surface area contributed by atoms with E-state index in [2.05, 4.69) is 17.1 Å². The second-order valence-electron chi connectivity index (χ2n) is 4.80. The standard InChI is InChI=1S/C14H21N3O/c1-2-17-8-6-12(7-9-17)16-13-5-3-4-11(10-13)14(15)18/h3-5,10,12,16H,2,6-9H2,1H3,(H2,15,18). The maximum atomic E-state index is 11.1. The van der Waals surface area contributed by atoms with E-state index in [0.29, 0.717) is 11.6 Å². The van der Waals surface area contributed by atoms with Crippen molar-refractivity contribution in [3.63, 3.8) is 0 Å². The average Bonchev–Trinajstić information content (AvgIpc) is 2.40. The number of carbonyl (C=O) groups is 1. The number of hydrogen-bond donors (Lipinski definition) is 2. The van der Waals surface area contributed by atoms with Crippen LogP contribution in [-0.2, 0) is 0 Å². The quantitative estimate of drug-likeness (QED) is 0.851. The third-order valence-electron chi connectivity index (χ3n) is 3.55. The van der Waals surface area contributed by atoms with Gasteiger partial charge in [-0.1, -0.05) is 13.0 Å². The van der Waals surface area contributed by atoms with E-state index in [4.69, 9.17) is 5.73 Å². The van der Waals surface area contributed by atoms with Crippen molar-refractivity contribution in [1.82, 2.24) is 4.90 Å². The maximum Gasteiger partial charge on any atom is 0.248 e. The molecule has 0 unspecified atom stereocenters. The molecule has 4 heteroatoms.